The fourth-order valence-corrected chi connectivity index (χ4v) is 4.44. The van der Waals surface area contributed by atoms with Crippen LogP contribution >= 0.6 is 11.3 Å². The first-order valence-corrected chi connectivity index (χ1v) is 10.3. The molecule has 0 unspecified atom stereocenters. The Morgan fingerprint density at radius 1 is 1.30 bits per heavy atom. The van der Waals surface area contributed by atoms with Crippen LogP contribution in [0.5, 0.6) is 0 Å². The summed E-state index contributed by atoms with van der Waals surface area (Å²) in [6.45, 7) is 5.06. The van der Waals surface area contributed by atoms with Crippen LogP contribution in [-0.4, -0.2) is 40.5 Å². The fourth-order valence-electron chi connectivity index (χ4n) is 3.58. The summed E-state index contributed by atoms with van der Waals surface area (Å²) < 4.78 is 0. The molecule has 1 fully saturated rings. The molecule has 1 aliphatic heterocycles. The van der Waals surface area contributed by atoms with Crippen LogP contribution < -0.4 is 10.6 Å². The molecule has 1 aromatic carbocycles. The Labute approximate surface area is 163 Å². The highest BCUT2D eigenvalue weighted by atomic mass is 32.1. The van der Waals surface area contributed by atoms with Crippen molar-refractivity contribution < 1.29 is 4.79 Å². The number of likely N-dealkylation sites (tertiary alicyclic amines) is 1. The fraction of sp³-hybridized carbons (Fsp3) is 0.400. The van der Waals surface area contributed by atoms with Gasteiger partial charge in [0, 0.05) is 11.4 Å². The zero-order valence-electron chi connectivity index (χ0n) is 15.4. The number of H-pyrrole nitrogens is 1. The molecule has 3 N–H and O–H groups in total. The lowest BCUT2D eigenvalue weighted by molar-refractivity contribution is 0.138. The molecule has 0 saturated carbocycles. The van der Waals surface area contributed by atoms with E-state index in [0.717, 1.165) is 30.0 Å². The molecular weight excluding hydrogens is 358 g/mol. The van der Waals surface area contributed by atoms with Crippen LogP contribution in [-0.2, 0) is 0 Å². The summed E-state index contributed by atoms with van der Waals surface area (Å²) in [6, 6.07) is 11.9. The lowest BCUT2D eigenvalue weighted by Gasteiger charge is -2.36. The van der Waals surface area contributed by atoms with Crippen molar-refractivity contribution in [2.45, 2.75) is 25.8 Å². The van der Waals surface area contributed by atoms with E-state index in [1.807, 2.05) is 24.3 Å². The predicted molar refractivity (Wildman–Crippen MR) is 110 cm³/mol. The zero-order chi connectivity index (χ0) is 18.6. The van der Waals surface area contributed by atoms with Gasteiger partial charge in [0.15, 0.2) is 0 Å². The minimum atomic E-state index is -0.235. The maximum atomic E-state index is 12.4. The van der Waals surface area contributed by atoms with E-state index < -0.39 is 0 Å². The van der Waals surface area contributed by atoms with Crippen LogP contribution in [0, 0.1) is 5.92 Å². The number of thiophene rings is 1. The van der Waals surface area contributed by atoms with Crippen molar-refractivity contribution in [2.24, 2.45) is 5.92 Å². The molecule has 1 atom stereocenters. The molecule has 0 radical (unpaired) electrons. The third-order valence-corrected chi connectivity index (χ3v) is 6.18. The number of nitrogens with one attached hydrogen (secondary N) is 3. The molecule has 3 aromatic rings. The number of anilines is 1. The molecular formula is C20H25N5OS. The van der Waals surface area contributed by atoms with Crippen LogP contribution in [0.4, 0.5) is 10.7 Å². The second kappa shape index (κ2) is 8.10. The van der Waals surface area contributed by atoms with Gasteiger partial charge < -0.3 is 10.3 Å². The number of imidazole rings is 1. The number of benzene rings is 1. The summed E-state index contributed by atoms with van der Waals surface area (Å²) in [5.74, 6) is 1.25. The van der Waals surface area contributed by atoms with Crippen LogP contribution in [0.2, 0.25) is 0 Å². The maximum absolute atomic E-state index is 12.4. The first kappa shape index (κ1) is 18.0. The van der Waals surface area contributed by atoms with Crippen LogP contribution in [0.15, 0.2) is 41.8 Å². The number of aromatic amines is 1. The highest BCUT2D eigenvalue weighted by Crippen LogP contribution is 2.29. The van der Waals surface area contributed by atoms with Crippen molar-refractivity contribution in [3.8, 4) is 0 Å². The lowest BCUT2D eigenvalue weighted by atomic mass is 9.97. The molecule has 6 nitrogen and oxygen atoms in total. The van der Waals surface area contributed by atoms with Gasteiger partial charge in [-0.15, -0.1) is 11.3 Å². The zero-order valence-corrected chi connectivity index (χ0v) is 16.3. The van der Waals surface area contributed by atoms with E-state index in [-0.39, 0.29) is 12.1 Å². The first-order chi connectivity index (χ1) is 13.2. The number of amides is 2. The number of hydrogen-bond donors (Lipinski definition) is 3. The molecule has 27 heavy (non-hydrogen) atoms. The molecule has 4 rings (SSSR count). The average molecular weight is 384 g/mol. The van der Waals surface area contributed by atoms with Crippen molar-refractivity contribution >= 4 is 34.3 Å². The Balaban J connectivity index is 1.38. The van der Waals surface area contributed by atoms with Crippen molar-refractivity contribution in [2.75, 3.05) is 25.0 Å². The van der Waals surface area contributed by atoms with Gasteiger partial charge >= 0.3 is 6.03 Å². The molecule has 142 valence electrons. The van der Waals surface area contributed by atoms with Crippen LogP contribution in [0.1, 0.15) is 30.7 Å². The highest BCUT2D eigenvalue weighted by molar-refractivity contribution is 7.10. The molecule has 2 aromatic heterocycles. The van der Waals surface area contributed by atoms with E-state index in [1.54, 1.807) is 11.3 Å². The molecule has 7 heteroatoms. The second-order valence-electron chi connectivity index (χ2n) is 7.19. The van der Waals surface area contributed by atoms with Gasteiger partial charge in [0.1, 0.15) is 0 Å². The number of nitrogens with zero attached hydrogens (tertiary/aromatic N) is 2. The quantitative estimate of drug-likeness (QED) is 0.618. The van der Waals surface area contributed by atoms with Gasteiger partial charge in [-0.25, -0.2) is 9.78 Å². The number of hydrogen-bond acceptors (Lipinski definition) is 4. The Hall–Kier alpha value is -2.38. The van der Waals surface area contributed by atoms with E-state index in [2.05, 4.69) is 49.9 Å². The number of aromatic nitrogens is 2. The van der Waals surface area contributed by atoms with Gasteiger partial charge in [0.2, 0.25) is 5.95 Å². The summed E-state index contributed by atoms with van der Waals surface area (Å²) in [5.41, 5.74) is 1.75. The number of piperidine rings is 1. The summed E-state index contributed by atoms with van der Waals surface area (Å²) in [4.78, 5) is 23.7. The molecule has 0 bridgehead atoms. The van der Waals surface area contributed by atoms with Gasteiger partial charge in [0.05, 0.1) is 17.1 Å². The predicted octanol–water partition coefficient (Wildman–Crippen LogP) is 4.22. The monoisotopic (exact) mass is 383 g/mol. The Morgan fingerprint density at radius 3 is 2.85 bits per heavy atom. The topological polar surface area (TPSA) is 73.1 Å². The molecule has 3 heterocycles. The Kier molecular flexibility index (Phi) is 5.40. The third-order valence-electron chi connectivity index (χ3n) is 5.21. The number of urea groups is 1. The summed E-state index contributed by atoms with van der Waals surface area (Å²) in [5, 5.41) is 7.94. The van der Waals surface area contributed by atoms with E-state index in [4.69, 9.17) is 0 Å². The van der Waals surface area contributed by atoms with E-state index in [1.165, 1.54) is 17.7 Å². The van der Waals surface area contributed by atoms with Crippen LogP contribution in [0.25, 0.3) is 11.0 Å². The molecule has 1 aliphatic rings. The molecule has 0 spiro atoms. The minimum absolute atomic E-state index is 0.221. The standard InChI is InChI=1S/C20H25N5OS/c1-14-8-10-25(11-9-14)17(18-7-4-12-27-18)13-21-20(26)24-19-22-15-5-2-3-6-16(15)23-19/h2-7,12,14,17H,8-11,13H2,1H3,(H3,21,22,23,24,26)/t17-/m0/s1. The normalized spacial score (nSPS) is 17.1. The third kappa shape index (κ3) is 4.31. The number of fused-ring (bicyclic) bond motifs is 1. The van der Waals surface area contributed by atoms with Gasteiger partial charge in [-0.3, -0.25) is 10.2 Å². The van der Waals surface area contributed by atoms with E-state index >= 15 is 0 Å². The average Bonchev–Trinajstić information content (AvgIpc) is 3.32. The van der Waals surface area contributed by atoms with Gasteiger partial charge in [-0.05, 0) is 55.4 Å². The van der Waals surface area contributed by atoms with Crippen molar-refractivity contribution in [1.82, 2.24) is 20.2 Å². The van der Waals surface area contributed by atoms with E-state index in [0.29, 0.717) is 12.5 Å². The highest BCUT2D eigenvalue weighted by Gasteiger charge is 2.25. The van der Waals surface area contributed by atoms with Gasteiger partial charge in [-0.1, -0.05) is 25.1 Å². The smallest absolute Gasteiger partial charge is 0.321 e. The molecule has 0 aliphatic carbocycles. The second-order valence-corrected chi connectivity index (χ2v) is 8.17. The number of para-hydroxylation sites is 2. The van der Waals surface area contributed by atoms with Crippen molar-refractivity contribution in [1.29, 1.82) is 0 Å². The van der Waals surface area contributed by atoms with E-state index in [9.17, 15) is 4.79 Å². The summed E-state index contributed by atoms with van der Waals surface area (Å²) in [6.07, 6.45) is 2.43. The van der Waals surface area contributed by atoms with Gasteiger partial charge in [-0.2, -0.15) is 0 Å². The largest absolute Gasteiger partial charge is 0.336 e. The van der Waals surface area contributed by atoms with Crippen LogP contribution in [0.3, 0.4) is 0 Å². The molecule has 1 saturated heterocycles. The maximum Gasteiger partial charge on any atom is 0.321 e. The Bertz CT molecular complexity index is 850. The van der Waals surface area contributed by atoms with Gasteiger partial charge in [0.25, 0.3) is 0 Å². The Morgan fingerprint density at radius 2 is 2.11 bits per heavy atom. The lowest BCUT2D eigenvalue weighted by Crippen LogP contribution is -2.42. The van der Waals surface area contributed by atoms with Crippen molar-refractivity contribution in [3.05, 3.63) is 46.7 Å². The SMILES string of the molecule is CC1CCN([C@@H](CNC(=O)Nc2nc3ccccc3[nH]2)c2cccs2)CC1. The first-order valence-electron chi connectivity index (χ1n) is 9.46. The minimum Gasteiger partial charge on any atom is -0.336 e. The number of carbonyl (C=O) groups excluding carboxylic acids is 1. The molecule has 2 amide bonds. The van der Waals surface area contributed by atoms with Crippen molar-refractivity contribution in [3.63, 3.8) is 0 Å². The number of rotatable bonds is 5. The summed E-state index contributed by atoms with van der Waals surface area (Å²) in [7, 11) is 0. The summed E-state index contributed by atoms with van der Waals surface area (Å²) >= 11 is 1.75. The number of carbonyl (C=O) groups is 1.